The smallest absolute Gasteiger partial charge is 0.262 e. The van der Waals surface area contributed by atoms with E-state index < -0.39 is 0 Å². The lowest BCUT2D eigenvalue weighted by Gasteiger charge is -2.24. The first-order chi connectivity index (χ1) is 11.3. The Labute approximate surface area is 138 Å². The number of benzene rings is 1. The van der Waals surface area contributed by atoms with E-state index in [1.807, 2.05) is 24.3 Å². The second-order valence-electron chi connectivity index (χ2n) is 5.43. The molecule has 0 saturated carbocycles. The molecule has 1 aromatic carbocycles. The number of rotatable bonds is 5. The number of aromatic nitrogens is 2. The first-order valence-electron chi connectivity index (χ1n) is 7.70. The lowest BCUT2D eigenvalue weighted by molar-refractivity contribution is -0.908. The van der Waals surface area contributed by atoms with Crippen molar-refractivity contribution in [1.82, 2.24) is 9.55 Å². The van der Waals surface area contributed by atoms with Crippen LogP contribution in [-0.2, 0) is 11.3 Å². The normalized spacial score (nSPS) is 15.6. The van der Waals surface area contributed by atoms with Crippen LogP contribution >= 0.6 is 11.8 Å². The fourth-order valence-corrected chi connectivity index (χ4v) is 3.42. The number of nitriles is 1. The maximum Gasteiger partial charge on any atom is 0.262 e. The maximum atomic E-state index is 12.8. The molecule has 7 heteroatoms. The van der Waals surface area contributed by atoms with Crippen molar-refractivity contribution in [3.8, 4) is 6.07 Å². The Kier molecular flexibility index (Phi) is 5.28. The number of thioether (sulfide) groups is 1. The zero-order valence-electron chi connectivity index (χ0n) is 12.8. The van der Waals surface area contributed by atoms with Gasteiger partial charge in [-0.15, -0.1) is 0 Å². The summed E-state index contributed by atoms with van der Waals surface area (Å²) in [6.45, 7) is 4.96. The van der Waals surface area contributed by atoms with Gasteiger partial charge in [-0.05, 0) is 12.1 Å². The van der Waals surface area contributed by atoms with Crippen LogP contribution in [0.4, 0.5) is 0 Å². The Bertz CT molecular complexity index is 778. The number of para-hydroxylation sites is 1. The number of nitrogens with zero attached hydrogens (tertiary/aromatic N) is 3. The average Bonchev–Trinajstić information content (AvgIpc) is 2.60. The van der Waals surface area contributed by atoms with Crippen LogP contribution in [0.25, 0.3) is 10.9 Å². The van der Waals surface area contributed by atoms with Crippen molar-refractivity contribution in [1.29, 1.82) is 5.26 Å². The van der Waals surface area contributed by atoms with E-state index in [1.54, 1.807) is 4.57 Å². The van der Waals surface area contributed by atoms with Gasteiger partial charge in [0.15, 0.2) is 5.16 Å². The van der Waals surface area contributed by atoms with Gasteiger partial charge in [0.2, 0.25) is 0 Å². The van der Waals surface area contributed by atoms with Crippen LogP contribution in [0, 0.1) is 11.3 Å². The van der Waals surface area contributed by atoms with Gasteiger partial charge < -0.3 is 9.64 Å². The van der Waals surface area contributed by atoms with Crippen molar-refractivity contribution >= 4 is 22.7 Å². The summed E-state index contributed by atoms with van der Waals surface area (Å²) in [6.07, 6.45) is 0. The van der Waals surface area contributed by atoms with Gasteiger partial charge >= 0.3 is 0 Å². The molecule has 0 radical (unpaired) electrons. The molecule has 1 fully saturated rings. The monoisotopic (exact) mass is 331 g/mol. The second kappa shape index (κ2) is 7.59. The molecular formula is C16H19N4O2S+. The van der Waals surface area contributed by atoms with Crippen molar-refractivity contribution in [3.63, 3.8) is 0 Å². The van der Waals surface area contributed by atoms with Gasteiger partial charge in [0.25, 0.3) is 5.56 Å². The molecule has 0 amide bonds. The summed E-state index contributed by atoms with van der Waals surface area (Å²) >= 11 is 1.32. The fourth-order valence-electron chi connectivity index (χ4n) is 2.73. The molecule has 1 aliphatic heterocycles. The van der Waals surface area contributed by atoms with Crippen LogP contribution in [0.1, 0.15) is 0 Å². The molecule has 1 aromatic heterocycles. The number of hydrogen-bond acceptors (Lipinski definition) is 5. The number of hydrogen-bond donors (Lipinski definition) is 1. The van der Waals surface area contributed by atoms with Gasteiger partial charge in [0.1, 0.15) is 13.1 Å². The SMILES string of the molecule is N#CCSc1nc2ccccc2c(=O)n1CC[NH+]1CCOCC1. The van der Waals surface area contributed by atoms with Crippen molar-refractivity contribution < 1.29 is 9.64 Å². The molecule has 0 atom stereocenters. The van der Waals surface area contributed by atoms with Crippen LogP contribution < -0.4 is 10.5 Å². The Morgan fingerprint density at radius 2 is 2.13 bits per heavy atom. The van der Waals surface area contributed by atoms with E-state index in [0.717, 1.165) is 32.8 Å². The molecule has 0 spiro atoms. The van der Waals surface area contributed by atoms with Crippen molar-refractivity contribution in [3.05, 3.63) is 34.6 Å². The Balaban J connectivity index is 1.90. The van der Waals surface area contributed by atoms with E-state index in [1.165, 1.54) is 16.7 Å². The van der Waals surface area contributed by atoms with Gasteiger partial charge in [-0.1, -0.05) is 23.9 Å². The predicted octanol–water partition coefficient (Wildman–Crippen LogP) is -0.0727. The zero-order chi connectivity index (χ0) is 16.1. The standard InChI is InChI=1S/C16H18N4O2S/c17-5-12-23-16-18-14-4-2-1-3-13(14)15(21)20(16)7-6-19-8-10-22-11-9-19/h1-4H,6-12H2/p+1. The van der Waals surface area contributed by atoms with Gasteiger partial charge in [-0.3, -0.25) is 9.36 Å². The number of morpholine rings is 1. The molecule has 1 N–H and O–H groups in total. The summed E-state index contributed by atoms with van der Waals surface area (Å²) in [5.41, 5.74) is 0.664. The largest absolute Gasteiger partial charge is 0.370 e. The molecule has 120 valence electrons. The first-order valence-corrected chi connectivity index (χ1v) is 8.69. The van der Waals surface area contributed by atoms with Crippen LogP contribution in [0.15, 0.2) is 34.2 Å². The lowest BCUT2D eigenvalue weighted by Crippen LogP contribution is -3.14. The molecule has 3 rings (SSSR count). The lowest BCUT2D eigenvalue weighted by atomic mass is 10.2. The highest BCUT2D eigenvalue weighted by atomic mass is 32.2. The molecule has 1 aliphatic rings. The Hall–Kier alpha value is -1.88. The molecule has 0 aliphatic carbocycles. The molecule has 1 saturated heterocycles. The zero-order valence-corrected chi connectivity index (χ0v) is 13.6. The third kappa shape index (κ3) is 3.72. The number of ether oxygens (including phenoxy) is 1. The van der Waals surface area contributed by atoms with E-state index >= 15 is 0 Å². The predicted molar refractivity (Wildman–Crippen MR) is 88.7 cm³/mol. The molecule has 2 aromatic rings. The average molecular weight is 331 g/mol. The maximum absolute atomic E-state index is 12.8. The van der Waals surface area contributed by atoms with Crippen LogP contribution in [0.3, 0.4) is 0 Å². The van der Waals surface area contributed by atoms with Gasteiger partial charge in [-0.25, -0.2) is 4.98 Å². The Morgan fingerprint density at radius 3 is 2.91 bits per heavy atom. The molecular weight excluding hydrogens is 312 g/mol. The highest BCUT2D eigenvalue weighted by Gasteiger charge is 2.16. The number of fused-ring (bicyclic) bond motifs is 1. The van der Waals surface area contributed by atoms with Crippen molar-refractivity contribution in [2.45, 2.75) is 11.7 Å². The highest BCUT2D eigenvalue weighted by molar-refractivity contribution is 7.99. The minimum Gasteiger partial charge on any atom is -0.370 e. The van der Waals surface area contributed by atoms with E-state index in [9.17, 15) is 4.79 Å². The van der Waals surface area contributed by atoms with Gasteiger partial charge in [0, 0.05) is 0 Å². The third-order valence-corrected chi connectivity index (χ3v) is 4.82. The topological polar surface area (TPSA) is 72.3 Å². The van der Waals surface area contributed by atoms with E-state index in [2.05, 4.69) is 11.1 Å². The van der Waals surface area contributed by atoms with Gasteiger partial charge in [-0.2, -0.15) is 5.26 Å². The summed E-state index contributed by atoms with van der Waals surface area (Å²) in [7, 11) is 0. The second-order valence-corrected chi connectivity index (χ2v) is 6.37. The van der Waals surface area contributed by atoms with Crippen LogP contribution in [-0.4, -0.2) is 48.2 Å². The fraction of sp³-hybridized carbons (Fsp3) is 0.438. The van der Waals surface area contributed by atoms with E-state index in [0.29, 0.717) is 22.6 Å². The number of quaternary nitrogens is 1. The minimum absolute atomic E-state index is 0.0244. The minimum atomic E-state index is -0.0244. The summed E-state index contributed by atoms with van der Waals surface area (Å²) < 4.78 is 7.08. The third-order valence-electron chi connectivity index (χ3n) is 3.98. The molecule has 6 nitrogen and oxygen atoms in total. The van der Waals surface area contributed by atoms with Crippen LogP contribution in [0.5, 0.6) is 0 Å². The quantitative estimate of drug-likeness (QED) is 0.613. The summed E-state index contributed by atoms with van der Waals surface area (Å²) in [5.74, 6) is 0.287. The molecule has 2 heterocycles. The van der Waals surface area contributed by atoms with Gasteiger partial charge in [0.05, 0.1) is 49.0 Å². The molecule has 23 heavy (non-hydrogen) atoms. The molecule has 0 unspecified atom stereocenters. The van der Waals surface area contributed by atoms with E-state index in [4.69, 9.17) is 10.00 Å². The van der Waals surface area contributed by atoms with Crippen molar-refractivity contribution in [2.24, 2.45) is 0 Å². The summed E-state index contributed by atoms with van der Waals surface area (Å²) in [5, 5.41) is 10.1. The number of nitrogens with one attached hydrogen (secondary N) is 1. The van der Waals surface area contributed by atoms with E-state index in [-0.39, 0.29) is 11.3 Å². The summed E-state index contributed by atoms with van der Waals surface area (Å²) in [6, 6.07) is 9.47. The van der Waals surface area contributed by atoms with Crippen LogP contribution in [0.2, 0.25) is 0 Å². The Morgan fingerprint density at radius 1 is 1.35 bits per heavy atom. The first kappa shape index (κ1) is 16.0. The van der Waals surface area contributed by atoms with Crippen molar-refractivity contribution in [2.75, 3.05) is 38.6 Å². The molecule has 0 bridgehead atoms. The summed E-state index contributed by atoms with van der Waals surface area (Å²) in [4.78, 5) is 18.8. The highest BCUT2D eigenvalue weighted by Crippen LogP contribution is 2.16.